The summed E-state index contributed by atoms with van der Waals surface area (Å²) in [5, 5.41) is 11.6. The monoisotopic (exact) mass is 374 g/mol. The first-order valence-electron chi connectivity index (χ1n) is 8.44. The number of hydrogen-bond acceptors (Lipinski definition) is 3. The van der Waals surface area contributed by atoms with Crippen molar-refractivity contribution in [2.24, 2.45) is 5.92 Å². The zero-order valence-electron chi connectivity index (χ0n) is 14.6. The second-order valence-electron chi connectivity index (χ2n) is 7.31. The molecular weight excluding hydrogens is 358 g/mol. The second kappa shape index (κ2) is 5.48. The fourth-order valence-electron chi connectivity index (χ4n) is 4.19. The smallest absolute Gasteiger partial charge is 0.377 e. The minimum Gasteiger partial charge on any atom is -0.475 e. The molecule has 1 fully saturated rings. The molecule has 2 heterocycles. The van der Waals surface area contributed by atoms with Gasteiger partial charge in [0, 0.05) is 23.0 Å². The Bertz CT molecular complexity index is 1040. The van der Waals surface area contributed by atoms with Gasteiger partial charge in [0.25, 0.3) is 11.7 Å². The van der Waals surface area contributed by atoms with E-state index in [0.29, 0.717) is 12.1 Å². The van der Waals surface area contributed by atoms with E-state index in [-0.39, 0.29) is 34.0 Å². The maximum Gasteiger partial charge on any atom is 0.377 e. The van der Waals surface area contributed by atoms with Gasteiger partial charge in [-0.15, -0.1) is 0 Å². The van der Waals surface area contributed by atoms with E-state index in [4.69, 9.17) is 5.11 Å². The van der Waals surface area contributed by atoms with Crippen molar-refractivity contribution in [3.63, 3.8) is 0 Å². The number of anilines is 1. The molecule has 6 nitrogen and oxygen atoms in total. The van der Waals surface area contributed by atoms with Gasteiger partial charge in [0.2, 0.25) is 0 Å². The van der Waals surface area contributed by atoms with Crippen LogP contribution in [0.1, 0.15) is 45.4 Å². The summed E-state index contributed by atoms with van der Waals surface area (Å²) >= 11 is 0. The quantitative estimate of drug-likeness (QED) is 0.636. The molecule has 27 heavy (non-hydrogen) atoms. The van der Waals surface area contributed by atoms with E-state index in [2.05, 4.69) is 5.32 Å². The van der Waals surface area contributed by atoms with Gasteiger partial charge < -0.3 is 15.0 Å². The lowest BCUT2D eigenvalue weighted by Crippen LogP contribution is -2.23. The summed E-state index contributed by atoms with van der Waals surface area (Å²) in [5.74, 6) is -5.10. The molecule has 1 aliphatic carbocycles. The van der Waals surface area contributed by atoms with Crippen molar-refractivity contribution in [2.45, 2.75) is 32.2 Å². The Labute approximate surface area is 152 Å². The largest absolute Gasteiger partial charge is 0.475 e. The fourth-order valence-corrected chi connectivity index (χ4v) is 4.19. The van der Waals surface area contributed by atoms with Gasteiger partial charge in [-0.1, -0.05) is 0 Å². The van der Waals surface area contributed by atoms with Gasteiger partial charge >= 0.3 is 5.97 Å². The summed E-state index contributed by atoms with van der Waals surface area (Å²) in [7, 11) is 0. The lowest BCUT2D eigenvalue weighted by Gasteiger charge is -2.16. The standard InChI is InChI=1S/C19H16F2N2O4/c1-8-14(16(24)18(26)27)13-5-9-7-19(9,2)23(13)15(8)17(25)22-10-3-4-11(20)12(21)6-10/h3-4,6,9H,5,7H2,1-2H3,(H,22,25)(H,26,27)/t9-,19?/m0/s1. The first-order chi connectivity index (χ1) is 12.6. The topological polar surface area (TPSA) is 88.4 Å². The number of hydrogen-bond donors (Lipinski definition) is 2. The number of rotatable bonds is 4. The average molecular weight is 374 g/mol. The summed E-state index contributed by atoms with van der Waals surface area (Å²) in [4.78, 5) is 36.3. The highest BCUT2D eigenvalue weighted by Crippen LogP contribution is 2.59. The number of carbonyl (C=O) groups is 3. The molecule has 1 aromatic carbocycles. The molecule has 2 aromatic rings. The van der Waals surface area contributed by atoms with Crippen LogP contribution in [-0.2, 0) is 16.8 Å². The third-order valence-electron chi connectivity index (χ3n) is 5.66. The van der Waals surface area contributed by atoms with Crippen LogP contribution in [0, 0.1) is 24.5 Å². The number of aromatic nitrogens is 1. The number of halogens is 2. The molecule has 1 saturated carbocycles. The molecule has 2 N–H and O–H groups in total. The number of carboxylic acids is 1. The van der Waals surface area contributed by atoms with Gasteiger partial charge in [-0.25, -0.2) is 13.6 Å². The summed E-state index contributed by atoms with van der Waals surface area (Å²) in [6.45, 7) is 3.49. The third kappa shape index (κ3) is 2.39. The van der Waals surface area contributed by atoms with Crippen molar-refractivity contribution < 1.29 is 28.3 Å². The number of ketones is 1. The highest BCUT2D eigenvalue weighted by atomic mass is 19.2. The minimum absolute atomic E-state index is 0.0476. The molecular formula is C19H16F2N2O4. The molecule has 4 rings (SSSR count). The molecule has 1 amide bonds. The number of carboxylic acid groups (broad SMARTS) is 1. The predicted molar refractivity (Wildman–Crippen MR) is 90.9 cm³/mol. The number of nitrogens with zero attached hydrogens (tertiary/aromatic N) is 1. The van der Waals surface area contributed by atoms with Gasteiger partial charge in [-0.05, 0) is 50.3 Å². The van der Waals surface area contributed by atoms with Gasteiger partial charge in [0.1, 0.15) is 5.69 Å². The van der Waals surface area contributed by atoms with E-state index in [1.165, 1.54) is 13.0 Å². The lowest BCUT2D eigenvalue weighted by atomic mass is 10.0. The van der Waals surface area contributed by atoms with E-state index in [0.717, 1.165) is 18.6 Å². The van der Waals surface area contributed by atoms with E-state index < -0.39 is 29.3 Å². The maximum atomic E-state index is 13.4. The molecule has 0 bridgehead atoms. The van der Waals surface area contributed by atoms with Crippen molar-refractivity contribution >= 4 is 23.3 Å². The third-order valence-corrected chi connectivity index (χ3v) is 5.66. The maximum absolute atomic E-state index is 13.4. The second-order valence-corrected chi connectivity index (χ2v) is 7.31. The average Bonchev–Trinajstić information content (AvgIpc) is 3.02. The van der Waals surface area contributed by atoms with Gasteiger partial charge in [-0.2, -0.15) is 0 Å². The number of nitrogens with one attached hydrogen (secondary N) is 1. The number of Topliss-reactive ketones (excluding diaryl/α,β-unsaturated/α-hetero) is 1. The molecule has 1 aromatic heterocycles. The summed E-state index contributed by atoms with van der Waals surface area (Å²) in [5.41, 5.74) is 0.791. The van der Waals surface area contributed by atoms with Crippen LogP contribution >= 0.6 is 0 Å². The zero-order valence-corrected chi connectivity index (χ0v) is 14.6. The SMILES string of the molecule is Cc1c(C(=O)C(=O)O)c2n(c1C(=O)Nc1ccc(F)c(F)c1)C1(C)C[C@@H]1C2. The molecule has 1 unspecified atom stereocenters. The summed E-state index contributed by atoms with van der Waals surface area (Å²) < 4.78 is 28.3. The Balaban J connectivity index is 1.80. The molecule has 8 heteroatoms. The number of aliphatic carboxylic acids is 1. The van der Waals surface area contributed by atoms with Crippen molar-refractivity contribution in [1.82, 2.24) is 4.57 Å². The Morgan fingerprint density at radius 3 is 2.59 bits per heavy atom. The Kier molecular flexibility index (Phi) is 3.53. The zero-order chi connectivity index (χ0) is 19.7. The van der Waals surface area contributed by atoms with Crippen LogP contribution in [0.3, 0.4) is 0 Å². The highest BCUT2D eigenvalue weighted by molar-refractivity contribution is 6.41. The summed E-state index contributed by atoms with van der Waals surface area (Å²) in [6.07, 6.45) is 1.37. The van der Waals surface area contributed by atoms with Crippen LogP contribution in [0.25, 0.3) is 0 Å². The number of amides is 1. The van der Waals surface area contributed by atoms with Crippen LogP contribution in [-0.4, -0.2) is 27.3 Å². The first-order valence-corrected chi connectivity index (χ1v) is 8.44. The highest BCUT2D eigenvalue weighted by Gasteiger charge is 2.59. The predicted octanol–water partition coefficient (Wildman–Crippen LogP) is 2.89. The molecule has 2 atom stereocenters. The molecule has 0 radical (unpaired) electrons. The van der Waals surface area contributed by atoms with Crippen molar-refractivity contribution in [3.05, 3.63) is 52.3 Å². The van der Waals surface area contributed by atoms with E-state index in [9.17, 15) is 23.2 Å². The molecule has 140 valence electrons. The van der Waals surface area contributed by atoms with Crippen LogP contribution in [0.4, 0.5) is 14.5 Å². The Morgan fingerprint density at radius 1 is 1.26 bits per heavy atom. The molecule has 1 aliphatic heterocycles. The van der Waals surface area contributed by atoms with Crippen molar-refractivity contribution in [3.8, 4) is 0 Å². The van der Waals surface area contributed by atoms with E-state index >= 15 is 0 Å². The first kappa shape index (κ1) is 17.4. The molecule has 0 saturated heterocycles. The Morgan fingerprint density at radius 2 is 1.96 bits per heavy atom. The van der Waals surface area contributed by atoms with Crippen LogP contribution in [0.15, 0.2) is 18.2 Å². The lowest BCUT2D eigenvalue weighted by molar-refractivity contribution is -0.131. The van der Waals surface area contributed by atoms with Gasteiger partial charge in [0.05, 0.1) is 5.56 Å². The van der Waals surface area contributed by atoms with Crippen LogP contribution in [0.2, 0.25) is 0 Å². The van der Waals surface area contributed by atoms with E-state index in [1.54, 1.807) is 4.57 Å². The van der Waals surface area contributed by atoms with Crippen LogP contribution in [0.5, 0.6) is 0 Å². The van der Waals surface area contributed by atoms with Crippen molar-refractivity contribution in [2.75, 3.05) is 5.32 Å². The van der Waals surface area contributed by atoms with Crippen LogP contribution < -0.4 is 5.32 Å². The number of fused-ring (bicyclic) bond motifs is 3. The normalized spacial score (nSPS) is 22.1. The summed E-state index contributed by atoms with van der Waals surface area (Å²) in [6, 6.07) is 2.99. The van der Waals surface area contributed by atoms with Gasteiger partial charge in [0.15, 0.2) is 11.6 Å². The number of carbonyl (C=O) groups excluding carboxylic acids is 2. The molecule has 0 spiro atoms. The molecule has 2 aliphatic rings. The fraction of sp³-hybridized carbons (Fsp3) is 0.316. The van der Waals surface area contributed by atoms with E-state index in [1.807, 2.05) is 6.92 Å². The van der Waals surface area contributed by atoms with Gasteiger partial charge in [-0.3, -0.25) is 9.59 Å². The number of benzene rings is 1. The minimum atomic E-state index is -1.58. The Hall–Kier alpha value is -3.03. The van der Waals surface area contributed by atoms with Crippen molar-refractivity contribution in [1.29, 1.82) is 0 Å².